The molecular formula is C15H17F3N4O2S. The number of alkyl halides is 3. The van der Waals surface area contributed by atoms with Crippen molar-refractivity contribution in [2.75, 3.05) is 25.6 Å². The molecule has 1 amide bonds. The van der Waals surface area contributed by atoms with E-state index < -0.39 is 24.2 Å². The summed E-state index contributed by atoms with van der Waals surface area (Å²) in [6.45, 7) is 0.564. The first-order chi connectivity index (χ1) is 11.9. The Morgan fingerprint density at radius 1 is 1.56 bits per heavy atom. The van der Waals surface area contributed by atoms with Crippen molar-refractivity contribution in [2.45, 2.75) is 24.7 Å². The Balaban J connectivity index is 1.87. The van der Waals surface area contributed by atoms with E-state index in [1.165, 1.54) is 24.5 Å². The van der Waals surface area contributed by atoms with E-state index >= 15 is 0 Å². The van der Waals surface area contributed by atoms with Gasteiger partial charge in [-0.2, -0.15) is 18.3 Å². The molecule has 0 spiro atoms. The fraction of sp³-hybridized carbons (Fsp3) is 0.467. The highest BCUT2D eigenvalue weighted by molar-refractivity contribution is 7.10. The fourth-order valence-electron chi connectivity index (χ4n) is 2.72. The first-order valence-electron chi connectivity index (χ1n) is 7.63. The maximum atomic E-state index is 13.5. The van der Waals surface area contributed by atoms with Crippen molar-refractivity contribution in [3.63, 3.8) is 0 Å². The summed E-state index contributed by atoms with van der Waals surface area (Å²) in [5.74, 6) is -0.349. The van der Waals surface area contributed by atoms with Crippen LogP contribution in [0.5, 0.6) is 0 Å². The lowest BCUT2D eigenvalue weighted by Gasteiger charge is -2.32. The number of hydrogen-bond acceptors (Lipinski definition) is 5. The molecule has 0 bridgehead atoms. The molecule has 2 atom stereocenters. The number of carbonyl (C=O) groups is 1. The number of fused-ring (bicyclic) bond motifs is 1. The summed E-state index contributed by atoms with van der Waals surface area (Å²) >= 11 is 1.39. The lowest BCUT2D eigenvalue weighted by atomic mass is 10.0. The molecule has 136 valence electrons. The molecule has 0 unspecified atom stereocenters. The monoisotopic (exact) mass is 374 g/mol. The van der Waals surface area contributed by atoms with Crippen LogP contribution in [-0.2, 0) is 4.74 Å². The number of hydrogen-bond donors (Lipinski definition) is 2. The van der Waals surface area contributed by atoms with Crippen LogP contribution in [-0.4, -0.2) is 42.1 Å². The van der Waals surface area contributed by atoms with E-state index in [9.17, 15) is 18.0 Å². The summed E-state index contributed by atoms with van der Waals surface area (Å²) in [7, 11) is 1.49. The van der Waals surface area contributed by atoms with Gasteiger partial charge in [-0.05, 0) is 11.4 Å². The average Bonchev–Trinajstić information content (AvgIpc) is 3.22. The van der Waals surface area contributed by atoms with Crippen molar-refractivity contribution in [3.05, 3.63) is 34.2 Å². The van der Waals surface area contributed by atoms with Crippen LogP contribution in [0.15, 0.2) is 23.6 Å². The highest BCUT2D eigenvalue weighted by atomic mass is 32.1. The predicted molar refractivity (Wildman–Crippen MR) is 86.8 cm³/mol. The molecule has 0 saturated heterocycles. The number of methoxy groups -OCH3 is 1. The normalized spacial score (nSPS) is 20.0. The largest absolute Gasteiger partial charge is 0.410 e. The molecular weight excluding hydrogens is 357 g/mol. The molecule has 2 aromatic heterocycles. The molecule has 10 heteroatoms. The minimum Gasteiger partial charge on any atom is -0.383 e. The van der Waals surface area contributed by atoms with E-state index in [0.29, 0.717) is 6.61 Å². The van der Waals surface area contributed by atoms with Gasteiger partial charge in [0, 0.05) is 31.0 Å². The Bertz CT molecular complexity index is 730. The number of rotatable bonds is 5. The van der Waals surface area contributed by atoms with Crippen LogP contribution in [0.3, 0.4) is 0 Å². The van der Waals surface area contributed by atoms with Gasteiger partial charge in [-0.1, -0.05) is 6.07 Å². The van der Waals surface area contributed by atoms with Crippen molar-refractivity contribution >= 4 is 23.1 Å². The Labute approximate surface area is 146 Å². The number of thiophene rings is 1. The molecule has 3 heterocycles. The molecule has 0 aliphatic carbocycles. The minimum absolute atomic E-state index is 0.0558. The van der Waals surface area contributed by atoms with Gasteiger partial charge < -0.3 is 15.4 Å². The van der Waals surface area contributed by atoms with Crippen LogP contribution in [0.2, 0.25) is 0 Å². The van der Waals surface area contributed by atoms with E-state index in [1.807, 2.05) is 5.38 Å². The average molecular weight is 374 g/mol. The summed E-state index contributed by atoms with van der Waals surface area (Å²) in [5, 5.41) is 11.3. The highest BCUT2D eigenvalue weighted by Crippen LogP contribution is 2.44. The second-order valence-electron chi connectivity index (χ2n) is 5.61. The first kappa shape index (κ1) is 17.7. The number of carbonyl (C=O) groups excluding carboxylic acids is 1. The molecule has 1 aliphatic heterocycles. The lowest BCUT2D eigenvalue weighted by Crippen LogP contribution is -2.35. The number of halogens is 3. The molecule has 25 heavy (non-hydrogen) atoms. The van der Waals surface area contributed by atoms with Crippen molar-refractivity contribution in [3.8, 4) is 0 Å². The molecule has 0 fully saturated rings. The zero-order chi connectivity index (χ0) is 18.0. The summed E-state index contributed by atoms with van der Waals surface area (Å²) in [6, 6.07) is 2.68. The Morgan fingerprint density at radius 3 is 3.00 bits per heavy atom. The second-order valence-corrected chi connectivity index (χ2v) is 6.59. The Morgan fingerprint density at radius 2 is 2.36 bits per heavy atom. The zero-order valence-electron chi connectivity index (χ0n) is 13.3. The van der Waals surface area contributed by atoms with Gasteiger partial charge in [0.2, 0.25) is 0 Å². The van der Waals surface area contributed by atoms with Crippen LogP contribution < -0.4 is 10.6 Å². The standard InChI is InChI=1S/C15H17F3N4O2S/c1-24-5-4-19-14(23)10-8-13-20-9(11-3-2-6-25-11)7-12(15(16,17)18)22(13)21-10/h2-3,6,8-9,12,20H,4-5,7H2,1H3,(H,19,23)/t9-,12-/m0/s1. The topological polar surface area (TPSA) is 68.2 Å². The van der Waals surface area contributed by atoms with E-state index in [-0.39, 0.29) is 24.5 Å². The van der Waals surface area contributed by atoms with Crippen LogP contribution in [0.1, 0.15) is 33.9 Å². The minimum atomic E-state index is -4.46. The van der Waals surface area contributed by atoms with Gasteiger partial charge in [0.25, 0.3) is 5.91 Å². The third-order valence-corrected chi connectivity index (χ3v) is 4.89. The summed E-state index contributed by atoms with van der Waals surface area (Å²) < 4.78 is 46.2. The van der Waals surface area contributed by atoms with Crippen LogP contribution in [0, 0.1) is 0 Å². The van der Waals surface area contributed by atoms with E-state index in [1.54, 1.807) is 12.1 Å². The summed E-state index contributed by atoms with van der Waals surface area (Å²) in [6.07, 6.45) is -4.63. The smallest absolute Gasteiger partial charge is 0.383 e. The molecule has 0 aromatic carbocycles. The number of nitrogens with zero attached hydrogens (tertiary/aromatic N) is 2. The summed E-state index contributed by atoms with van der Waals surface area (Å²) in [4.78, 5) is 12.9. The van der Waals surface area contributed by atoms with Gasteiger partial charge in [-0.25, -0.2) is 4.68 Å². The molecule has 0 radical (unpaired) electrons. The molecule has 3 rings (SSSR count). The molecule has 6 nitrogen and oxygen atoms in total. The van der Waals surface area contributed by atoms with Gasteiger partial charge in [0.1, 0.15) is 5.82 Å². The quantitative estimate of drug-likeness (QED) is 0.790. The van der Waals surface area contributed by atoms with Crippen LogP contribution in [0.4, 0.5) is 19.0 Å². The SMILES string of the molecule is COCCNC(=O)c1cc2n(n1)[C@H](C(F)(F)F)C[C@@H](c1cccs1)N2. The third kappa shape index (κ3) is 3.79. The molecule has 2 aromatic rings. The van der Waals surface area contributed by atoms with Crippen LogP contribution >= 0.6 is 11.3 Å². The van der Waals surface area contributed by atoms with Crippen molar-refractivity contribution < 1.29 is 22.7 Å². The zero-order valence-corrected chi connectivity index (χ0v) is 14.2. The molecule has 1 aliphatic rings. The number of amides is 1. The summed E-state index contributed by atoms with van der Waals surface area (Å²) in [5.41, 5.74) is -0.0558. The maximum absolute atomic E-state index is 13.5. The van der Waals surface area contributed by atoms with Gasteiger partial charge >= 0.3 is 6.18 Å². The fourth-order valence-corrected chi connectivity index (χ4v) is 3.51. The molecule has 2 N–H and O–H groups in total. The first-order valence-corrected chi connectivity index (χ1v) is 8.51. The van der Waals surface area contributed by atoms with Crippen molar-refractivity contribution in [1.29, 1.82) is 0 Å². The van der Waals surface area contributed by atoms with E-state index in [0.717, 1.165) is 9.56 Å². The van der Waals surface area contributed by atoms with E-state index in [4.69, 9.17) is 4.74 Å². The van der Waals surface area contributed by atoms with Crippen molar-refractivity contribution in [2.24, 2.45) is 0 Å². The van der Waals surface area contributed by atoms with Crippen LogP contribution in [0.25, 0.3) is 0 Å². The lowest BCUT2D eigenvalue weighted by molar-refractivity contribution is -0.173. The second kappa shape index (κ2) is 7.04. The maximum Gasteiger partial charge on any atom is 0.410 e. The predicted octanol–water partition coefficient (Wildman–Crippen LogP) is 2.98. The number of nitrogens with one attached hydrogen (secondary N) is 2. The van der Waals surface area contributed by atoms with Gasteiger partial charge in [-0.3, -0.25) is 4.79 Å². The number of ether oxygens (including phenoxy) is 1. The Hall–Kier alpha value is -2.07. The van der Waals surface area contributed by atoms with E-state index in [2.05, 4.69) is 15.7 Å². The number of aromatic nitrogens is 2. The number of anilines is 1. The third-order valence-electron chi connectivity index (χ3n) is 3.90. The van der Waals surface area contributed by atoms with Gasteiger partial charge in [0.05, 0.1) is 12.6 Å². The highest BCUT2D eigenvalue weighted by Gasteiger charge is 2.47. The van der Waals surface area contributed by atoms with Crippen molar-refractivity contribution in [1.82, 2.24) is 15.1 Å². The van der Waals surface area contributed by atoms with Gasteiger partial charge in [-0.15, -0.1) is 11.3 Å². The van der Waals surface area contributed by atoms with Gasteiger partial charge in [0.15, 0.2) is 11.7 Å². The molecule has 0 saturated carbocycles. The Kier molecular flexibility index (Phi) is 5.00.